The summed E-state index contributed by atoms with van der Waals surface area (Å²) in [7, 11) is 1.51. The average molecular weight is 388 g/mol. The molecule has 0 radical (unpaired) electrons. The van der Waals surface area contributed by atoms with E-state index in [9.17, 15) is 19.5 Å². The third kappa shape index (κ3) is 3.22. The van der Waals surface area contributed by atoms with E-state index in [2.05, 4.69) is 0 Å². The Morgan fingerprint density at radius 2 is 1.93 bits per heavy atom. The standard InChI is InChI=1S/C20H24N2O6/c1-27-15-4-2-3-14(11-15)18(24)22-16(19(25)26)12-28-20(22)7-9-21(10-8-20)17(23)13-5-6-13/h2-4,11,13,16H,5-10,12H2,1H3,(H,25,26)/t16-/m0/s1. The molecule has 1 spiro atoms. The molecule has 1 aromatic rings. The number of carbonyl (C=O) groups excluding carboxylic acids is 2. The molecular weight excluding hydrogens is 364 g/mol. The normalized spacial score (nSPS) is 23.7. The summed E-state index contributed by atoms with van der Waals surface area (Å²) >= 11 is 0. The van der Waals surface area contributed by atoms with E-state index >= 15 is 0 Å². The molecule has 4 rings (SSSR count). The summed E-state index contributed by atoms with van der Waals surface area (Å²) in [5.41, 5.74) is -0.643. The zero-order valence-electron chi connectivity index (χ0n) is 15.8. The Bertz CT molecular complexity index is 798. The Kier molecular flexibility index (Phi) is 4.74. The van der Waals surface area contributed by atoms with Gasteiger partial charge in [0, 0.05) is 37.4 Å². The quantitative estimate of drug-likeness (QED) is 0.836. The van der Waals surface area contributed by atoms with Gasteiger partial charge in [0.1, 0.15) is 11.5 Å². The summed E-state index contributed by atoms with van der Waals surface area (Å²) in [6.07, 6.45) is 2.70. The van der Waals surface area contributed by atoms with Crippen molar-refractivity contribution in [3.63, 3.8) is 0 Å². The summed E-state index contributed by atoms with van der Waals surface area (Å²) in [4.78, 5) is 40.6. The van der Waals surface area contributed by atoms with Gasteiger partial charge >= 0.3 is 5.97 Å². The largest absolute Gasteiger partial charge is 0.497 e. The number of aliphatic carboxylic acids is 1. The number of amides is 2. The van der Waals surface area contributed by atoms with Crippen LogP contribution >= 0.6 is 0 Å². The lowest BCUT2D eigenvalue weighted by Crippen LogP contribution is -2.58. The first-order chi connectivity index (χ1) is 13.4. The van der Waals surface area contributed by atoms with E-state index in [-0.39, 0.29) is 18.4 Å². The van der Waals surface area contributed by atoms with Gasteiger partial charge in [-0.3, -0.25) is 14.5 Å². The molecule has 2 saturated heterocycles. The number of nitrogens with zero attached hydrogens (tertiary/aromatic N) is 2. The van der Waals surface area contributed by atoms with Gasteiger partial charge in [-0.1, -0.05) is 6.07 Å². The maximum absolute atomic E-state index is 13.3. The lowest BCUT2D eigenvalue weighted by Gasteiger charge is -2.44. The molecule has 3 aliphatic rings. The number of carboxylic acid groups (broad SMARTS) is 1. The highest BCUT2D eigenvalue weighted by molar-refractivity contribution is 5.97. The Labute approximate surface area is 163 Å². The van der Waals surface area contributed by atoms with Gasteiger partial charge in [0.2, 0.25) is 5.91 Å². The molecule has 8 heteroatoms. The first kappa shape index (κ1) is 18.7. The second-order valence-electron chi connectivity index (χ2n) is 7.62. The first-order valence-corrected chi connectivity index (χ1v) is 9.58. The van der Waals surface area contributed by atoms with Crippen molar-refractivity contribution in [2.75, 3.05) is 26.8 Å². The molecule has 150 valence electrons. The average Bonchev–Trinajstić information content (AvgIpc) is 3.50. The van der Waals surface area contributed by atoms with Crippen molar-refractivity contribution < 1.29 is 29.0 Å². The molecule has 2 amide bonds. The Morgan fingerprint density at radius 3 is 2.54 bits per heavy atom. The maximum Gasteiger partial charge on any atom is 0.328 e. The SMILES string of the molecule is COc1cccc(C(=O)N2[C@H](C(=O)O)COC23CCN(C(=O)C2CC2)CC3)c1. The van der Waals surface area contributed by atoms with Gasteiger partial charge in [0.05, 0.1) is 13.7 Å². The van der Waals surface area contributed by atoms with Crippen LogP contribution in [0.15, 0.2) is 24.3 Å². The molecule has 28 heavy (non-hydrogen) atoms. The number of carboxylic acids is 1. The fourth-order valence-corrected chi connectivity index (χ4v) is 4.12. The number of piperidine rings is 1. The van der Waals surface area contributed by atoms with Gasteiger partial charge in [-0.05, 0) is 31.0 Å². The van der Waals surface area contributed by atoms with Gasteiger partial charge in [0.25, 0.3) is 5.91 Å². The van der Waals surface area contributed by atoms with E-state index in [1.807, 2.05) is 4.90 Å². The summed E-state index contributed by atoms with van der Waals surface area (Å²) < 4.78 is 11.1. The monoisotopic (exact) mass is 388 g/mol. The molecule has 0 unspecified atom stereocenters. The molecule has 8 nitrogen and oxygen atoms in total. The van der Waals surface area contributed by atoms with Gasteiger partial charge in [-0.25, -0.2) is 4.79 Å². The van der Waals surface area contributed by atoms with Crippen LogP contribution in [0.5, 0.6) is 5.75 Å². The van der Waals surface area contributed by atoms with E-state index in [1.54, 1.807) is 24.3 Å². The van der Waals surface area contributed by atoms with Crippen LogP contribution in [-0.2, 0) is 14.3 Å². The molecular formula is C20H24N2O6. The van der Waals surface area contributed by atoms with Crippen LogP contribution < -0.4 is 4.74 Å². The smallest absolute Gasteiger partial charge is 0.328 e. The minimum absolute atomic E-state index is 0.0540. The first-order valence-electron chi connectivity index (χ1n) is 9.58. The van der Waals surface area contributed by atoms with Crippen LogP contribution in [0.25, 0.3) is 0 Å². The van der Waals surface area contributed by atoms with Gasteiger partial charge < -0.3 is 19.5 Å². The Morgan fingerprint density at radius 1 is 1.21 bits per heavy atom. The minimum atomic E-state index is -1.09. The van der Waals surface area contributed by atoms with Crippen LogP contribution in [0.4, 0.5) is 0 Å². The van der Waals surface area contributed by atoms with E-state index in [0.717, 1.165) is 12.8 Å². The fourth-order valence-electron chi connectivity index (χ4n) is 4.12. The van der Waals surface area contributed by atoms with E-state index in [4.69, 9.17) is 9.47 Å². The van der Waals surface area contributed by atoms with Crippen LogP contribution in [0.3, 0.4) is 0 Å². The predicted octanol–water partition coefficient (Wildman–Crippen LogP) is 1.35. The molecule has 2 heterocycles. The van der Waals surface area contributed by atoms with Gasteiger partial charge in [0.15, 0.2) is 6.04 Å². The van der Waals surface area contributed by atoms with Crippen molar-refractivity contribution in [1.29, 1.82) is 0 Å². The molecule has 0 aromatic heterocycles. The highest BCUT2D eigenvalue weighted by Crippen LogP contribution is 2.40. The van der Waals surface area contributed by atoms with Crippen LogP contribution in [0.1, 0.15) is 36.0 Å². The number of hydrogen-bond acceptors (Lipinski definition) is 5. The van der Waals surface area contributed by atoms with Crippen molar-refractivity contribution in [3.05, 3.63) is 29.8 Å². The van der Waals surface area contributed by atoms with Crippen molar-refractivity contribution in [2.24, 2.45) is 5.92 Å². The number of methoxy groups -OCH3 is 1. The number of ether oxygens (including phenoxy) is 2. The summed E-state index contributed by atoms with van der Waals surface area (Å²) in [6.45, 7) is 0.870. The Hall–Kier alpha value is -2.61. The van der Waals surface area contributed by atoms with Crippen LogP contribution in [-0.4, -0.2) is 71.3 Å². The molecule has 2 aliphatic heterocycles. The van der Waals surface area contributed by atoms with Crippen molar-refractivity contribution in [3.8, 4) is 5.75 Å². The van der Waals surface area contributed by atoms with Crippen LogP contribution in [0, 0.1) is 5.92 Å². The van der Waals surface area contributed by atoms with E-state index in [0.29, 0.717) is 37.2 Å². The van der Waals surface area contributed by atoms with E-state index in [1.165, 1.54) is 12.0 Å². The topological polar surface area (TPSA) is 96.4 Å². The molecule has 1 aliphatic carbocycles. The lowest BCUT2D eigenvalue weighted by atomic mass is 9.96. The minimum Gasteiger partial charge on any atom is -0.497 e. The molecule has 3 fully saturated rings. The van der Waals surface area contributed by atoms with Crippen LogP contribution in [0.2, 0.25) is 0 Å². The highest BCUT2D eigenvalue weighted by Gasteiger charge is 2.54. The predicted molar refractivity (Wildman–Crippen MR) is 97.8 cm³/mol. The number of hydrogen-bond donors (Lipinski definition) is 1. The second kappa shape index (κ2) is 7.09. The molecule has 1 saturated carbocycles. The van der Waals surface area contributed by atoms with Gasteiger partial charge in [-0.15, -0.1) is 0 Å². The molecule has 1 aromatic carbocycles. The lowest BCUT2D eigenvalue weighted by molar-refractivity contribution is -0.148. The fraction of sp³-hybridized carbons (Fsp3) is 0.550. The summed E-state index contributed by atoms with van der Waals surface area (Å²) in [6, 6.07) is 5.61. The van der Waals surface area contributed by atoms with Crippen molar-refractivity contribution in [2.45, 2.75) is 37.5 Å². The second-order valence-corrected chi connectivity index (χ2v) is 7.62. The zero-order chi connectivity index (χ0) is 19.9. The Balaban J connectivity index is 1.58. The molecule has 0 bridgehead atoms. The van der Waals surface area contributed by atoms with E-state index < -0.39 is 23.6 Å². The van der Waals surface area contributed by atoms with Crippen molar-refractivity contribution >= 4 is 17.8 Å². The highest BCUT2D eigenvalue weighted by atomic mass is 16.5. The maximum atomic E-state index is 13.3. The number of carbonyl (C=O) groups is 3. The third-order valence-electron chi connectivity index (χ3n) is 5.86. The van der Waals surface area contributed by atoms with Gasteiger partial charge in [-0.2, -0.15) is 0 Å². The van der Waals surface area contributed by atoms with Crippen molar-refractivity contribution in [1.82, 2.24) is 9.80 Å². The number of benzene rings is 1. The molecule has 1 N–H and O–H groups in total. The number of rotatable bonds is 4. The summed E-state index contributed by atoms with van der Waals surface area (Å²) in [5, 5.41) is 9.65. The third-order valence-corrected chi connectivity index (χ3v) is 5.86. The molecule has 1 atom stereocenters. The number of likely N-dealkylation sites (tertiary alicyclic amines) is 1. The summed E-state index contributed by atoms with van der Waals surface area (Å²) in [5.74, 6) is -0.666. The zero-order valence-corrected chi connectivity index (χ0v) is 15.8.